The lowest BCUT2D eigenvalue weighted by Crippen LogP contribution is -2.36. The molecule has 4 N–H and O–H groups in total. The summed E-state index contributed by atoms with van der Waals surface area (Å²) in [7, 11) is 0. The number of piperidine rings is 1. The molecular weight excluding hydrogens is 510 g/mol. The number of nitrogen functional groups attached to an aromatic ring is 1. The lowest BCUT2D eigenvalue weighted by Gasteiger charge is -2.33. The van der Waals surface area contributed by atoms with Crippen molar-refractivity contribution in [1.82, 2.24) is 10.2 Å². The second kappa shape index (κ2) is 15.0. The number of hydrogen-bond donors (Lipinski definition) is 3. The fourth-order valence-electron chi connectivity index (χ4n) is 4.35. The predicted octanol–water partition coefficient (Wildman–Crippen LogP) is 6.26. The van der Waals surface area contributed by atoms with Crippen LogP contribution in [0.1, 0.15) is 51.2 Å². The molecule has 2 heterocycles. The molecule has 1 aromatic carbocycles. The minimum Gasteiger partial charge on any atom is -0.506 e. The molecular formula is C27H40BrN3O2S. The number of nitrogens with two attached hydrogens (primary N) is 1. The molecule has 4 rings (SSSR count). The number of nitrogens with zero attached hydrogens (tertiary/aromatic N) is 1. The molecule has 0 spiro atoms. The first-order valence-corrected chi connectivity index (χ1v) is 14.1. The number of rotatable bonds is 0. The molecule has 34 heavy (non-hydrogen) atoms. The maximum absolute atomic E-state index is 11.7. The standard InChI is InChI=1S/C21H24BrN3O2.C2H6S.C2H6.C2H4/c1-12(26)25-6-4-13(5-7-25)20-17-10-18(23)19(27)9-14(17)2-3-15-8-16(22)11-24-21(15)20;1-3-2;2*1-2/h8-11,21,24,27H,2-7,23H2,1H3;1-2H3;1-2H3;1-2H2. The van der Waals surface area contributed by atoms with Crippen molar-refractivity contribution in [2.75, 3.05) is 31.3 Å². The van der Waals surface area contributed by atoms with Crippen molar-refractivity contribution in [1.29, 1.82) is 0 Å². The zero-order valence-electron chi connectivity index (χ0n) is 21.2. The van der Waals surface area contributed by atoms with Gasteiger partial charge in [-0.2, -0.15) is 11.8 Å². The van der Waals surface area contributed by atoms with Gasteiger partial charge < -0.3 is 21.1 Å². The van der Waals surface area contributed by atoms with E-state index in [2.05, 4.69) is 40.5 Å². The summed E-state index contributed by atoms with van der Waals surface area (Å²) in [5, 5.41) is 13.7. The van der Waals surface area contributed by atoms with E-state index in [0.717, 1.165) is 54.4 Å². The first kappa shape index (κ1) is 29.9. The summed E-state index contributed by atoms with van der Waals surface area (Å²) < 4.78 is 1.04. The number of carbonyl (C=O) groups is 1. The van der Waals surface area contributed by atoms with Crippen LogP contribution in [0.25, 0.3) is 5.57 Å². The van der Waals surface area contributed by atoms with Gasteiger partial charge in [-0.3, -0.25) is 4.79 Å². The summed E-state index contributed by atoms with van der Waals surface area (Å²) in [6.45, 7) is 13.1. The number of aromatic hydroxyl groups is 1. The summed E-state index contributed by atoms with van der Waals surface area (Å²) in [6.07, 6.45) is 11.8. The number of fused-ring (bicyclic) bond motifs is 2. The fraction of sp³-hybridized carbons (Fsp3) is 0.444. The Morgan fingerprint density at radius 1 is 1.18 bits per heavy atom. The Morgan fingerprint density at radius 2 is 1.76 bits per heavy atom. The summed E-state index contributed by atoms with van der Waals surface area (Å²) >= 11 is 5.33. The number of halogens is 1. The summed E-state index contributed by atoms with van der Waals surface area (Å²) in [5.41, 5.74) is 12.7. The number of aryl methyl sites for hydroxylation is 1. The number of dihydropyridines is 1. The van der Waals surface area contributed by atoms with Crippen LogP contribution in [-0.2, 0) is 11.2 Å². The average molecular weight is 551 g/mol. The summed E-state index contributed by atoms with van der Waals surface area (Å²) in [5.74, 6) is 0.285. The summed E-state index contributed by atoms with van der Waals surface area (Å²) in [6, 6.07) is 3.84. The molecule has 1 fully saturated rings. The third-order valence-electron chi connectivity index (χ3n) is 5.79. The van der Waals surface area contributed by atoms with Gasteiger partial charge in [0.25, 0.3) is 0 Å². The van der Waals surface area contributed by atoms with Crippen LogP contribution in [0.2, 0.25) is 0 Å². The maximum Gasteiger partial charge on any atom is 0.219 e. The van der Waals surface area contributed by atoms with Gasteiger partial charge in [-0.25, -0.2) is 0 Å². The van der Waals surface area contributed by atoms with Crippen LogP contribution in [-0.4, -0.2) is 47.6 Å². The molecule has 1 atom stereocenters. The van der Waals surface area contributed by atoms with Crippen LogP contribution in [0.4, 0.5) is 5.69 Å². The van der Waals surface area contributed by atoms with E-state index in [4.69, 9.17) is 5.73 Å². The van der Waals surface area contributed by atoms with Crippen molar-refractivity contribution in [3.8, 4) is 5.75 Å². The van der Waals surface area contributed by atoms with Gasteiger partial charge in [-0.05, 0) is 94.6 Å². The van der Waals surface area contributed by atoms with E-state index < -0.39 is 0 Å². The maximum atomic E-state index is 11.7. The lowest BCUT2D eigenvalue weighted by atomic mass is 9.84. The molecule has 5 nitrogen and oxygen atoms in total. The van der Waals surface area contributed by atoms with Gasteiger partial charge in [-0.15, -0.1) is 13.2 Å². The monoisotopic (exact) mass is 549 g/mol. The van der Waals surface area contributed by atoms with Crippen molar-refractivity contribution < 1.29 is 9.90 Å². The third kappa shape index (κ3) is 7.44. The Morgan fingerprint density at radius 3 is 2.32 bits per heavy atom. The SMILES string of the molecule is C=C.CC.CC(=O)N1CCC(=C2c3cc(N)c(O)cc3CCC3=CC(Br)=CNC32)CC1.CSC. The first-order valence-electron chi connectivity index (χ1n) is 11.7. The van der Waals surface area contributed by atoms with E-state index in [0.29, 0.717) is 5.69 Å². The van der Waals surface area contributed by atoms with Gasteiger partial charge in [0.05, 0.1) is 11.7 Å². The van der Waals surface area contributed by atoms with Gasteiger partial charge in [-0.1, -0.05) is 19.4 Å². The number of carbonyl (C=O) groups excluding carboxylic acids is 1. The molecule has 7 heteroatoms. The van der Waals surface area contributed by atoms with E-state index in [1.165, 1.54) is 16.7 Å². The van der Waals surface area contributed by atoms with Crippen LogP contribution in [0, 0.1) is 0 Å². The van der Waals surface area contributed by atoms with Crippen molar-refractivity contribution in [2.24, 2.45) is 0 Å². The molecule has 1 aliphatic carbocycles. The first-order chi connectivity index (χ1) is 16.3. The molecule has 2 aliphatic heterocycles. The molecule has 1 saturated heterocycles. The average Bonchev–Trinajstić information content (AvgIpc) is 2.99. The fourth-order valence-corrected chi connectivity index (χ4v) is 4.78. The van der Waals surface area contributed by atoms with E-state index in [1.807, 2.05) is 49.6 Å². The van der Waals surface area contributed by atoms with Crippen LogP contribution in [0.5, 0.6) is 5.75 Å². The highest BCUT2D eigenvalue weighted by atomic mass is 79.9. The van der Waals surface area contributed by atoms with Gasteiger partial charge in [0.2, 0.25) is 5.91 Å². The highest BCUT2D eigenvalue weighted by Gasteiger charge is 2.31. The van der Waals surface area contributed by atoms with Crippen molar-refractivity contribution in [3.63, 3.8) is 0 Å². The Balaban J connectivity index is 0.000000750. The molecule has 0 aromatic heterocycles. The second-order valence-electron chi connectivity index (χ2n) is 7.85. The minimum atomic E-state index is 0.107. The Bertz CT molecular complexity index is 930. The topological polar surface area (TPSA) is 78.6 Å². The quantitative estimate of drug-likeness (QED) is 0.202. The zero-order chi connectivity index (χ0) is 25.8. The number of amides is 1. The smallest absolute Gasteiger partial charge is 0.219 e. The normalized spacial score (nSPS) is 18.4. The minimum absolute atomic E-state index is 0.107. The molecule has 0 saturated carbocycles. The highest BCUT2D eigenvalue weighted by molar-refractivity contribution is 9.11. The number of thioether (sulfide) groups is 1. The number of hydrogen-bond acceptors (Lipinski definition) is 5. The van der Waals surface area contributed by atoms with E-state index in [9.17, 15) is 9.90 Å². The van der Waals surface area contributed by atoms with Gasteiger partial charge >= 0.3 is 0 Å². The van der Waals surface area contributed by atoms with E-state index >= 15 is 0 Å². The molecule has 3 aliphatic rings. The number of phenols is 1. The molecule has 1 unspecified atom stereocenters. The highest BCUT2D eigenvalue weighted by Crippen LogP contribution is 2.42. The Kier molecular flexibility index (Phi) is 13.2. The Hall–Kier alpha value is -2.12. The van der Waals surface area contributed by atoms with E-state index in [-0.39, 0.29) is 17.7 Å². The lowest BCUT2D eigenvalue weighted by molar-refractivity contribution is -0.129. The second-order valence-corrected chi connectivity index (χ2v) is 9.58. The van der Waals surface area contributed by atoms with Crippen LogP contribution >= 0.6 is 27.7 Å². The third-order valence-corrected chi connectivity index (χ3v) is 6.25. The van der Waals surface area contributed by atoms with Crippen LogP contribution in [0.3, 0.4) is 0 Å². The van der Waals surface area contributed by atoms with Gasteiger partial charge in [0.15, 0.2) is 0 Å². The predicted molar refractivity (Wildman–Crippen MR) is 153 cm³/mol. The van der Waals surface area contributed by atoms with Crippen LogP contribution < -0.4 is 11.1 Å². The number of anilines is 1. The molecule has 0 bridgehead atoms. The Labute approximate surface area is 218 Å². The number of nitrogens with one attached hydrogen (secondary N) is 1. The molecule has 0 radical (unpaired) electrons. The zero-order valence-corrected chi connectivity index (χ0v) is 23.6. The number of allylic oxidation sites excluding steroid dienone is 2. The van der Waals surface area contributed by atoms with Crippen molar-refractivity contribution in [3.05, 3.63) is 64.3 Å². The largest absolute Gasteiger partial charge is 0.506 e. The number of phenolic OH excluding ortho intramolecular Hbond substituents is 1. The van der Waals surface area contributed by atoms with Crippen LogP contribution in [0.15, 0.2) is 53.2 Å². The number of benzene rings is 1. The summed E-state index contributed by atoms with van der Waals surface area (Å²) in [4.78, 5) is 13.6. The van der Waals surface area contributed by atoms with Crippen molar-refractivity contribution >= 4 is 44.9 Å². The van der Waals surface area contributed by atoms with Gasteiger partial charge in [0, 0.05) is 30.7 Å². The van der Waals surface area contributed by atoms with Crippen molar-refractivity contribution in [2.45, 2.75) is 52.5 Å². The number of likely N-dealkylation sites (tertiary alicyclic amines) is 1. The van der Waals surface area contributed by atoms with E-state index in [1.54, 1.807) is 18.7 Å². The molecule has 1 amide bonds. The molecule has 188 valence electrons. The van der Waals surface area contributed by atoms with Gasteiger partial charge in [0.1, 0.15) is 5.75 Å². The molecule has 1 aromatic rings.